The molecule has 0 atom stereocenters. The summed E-state index contributed by atoms with van der Waals surface area (Å²) in [5.41, 5.74) is 3.77. The van der Waals surface area contributed by atoms with Crippen LogP contribution in [-0.4, -0.2) is 47.4 Å². The van der Waals surface area contributed by atoms with Crippen molar-refractivity contribution in [3.63, 3.8) is 0 Å². The number of benzene rings is 2. The van der Waals surface area contributed by atoms with Crippen molar-refractivity contribution in [1.29, 1.82) is 0 Å². The zero-order valence-electron chi connectivity index (χ0n) is 19.7. The molecule has 0 bridgehead atoms. The van der Waals surface area contributed by atoms with Crippen LogP contribution in [0.15, 0.2) is 52.5 Å². The number of sulfonamides is 1. The molecule has 1 saturated carbocycles. The largest absolute Gasteiger partial charge is 0.494 e. The molecule has 1 N–H and O–H groups in total. The molecule has 0 heterocycles. The van der Waals surface area contributed by atoms with Gasteiger partial charge in [0, 0.05) is 11.8 Å². The maximum atomic E-state index is 13.6. The quantitative estimate of drug-likeness (QED) is 0.510. The number of methoxy groups -OCH3 is 2. The predicted molar refractivity (Wildman–Crippen MR) is 130 cm³/mol. The third kappa shape index (κ3) is 6.19. The van der Waals surface area contributed by atoms with E-state index >= 15 is 0 Å². The van der Waals surface area contributed by atoms with Gasteiger partial charge in [0.15, 0.2) is 11.5 Å². The van der Waals surface area contributed by atoms with E-state index < -0.39 is 22.5 Å². The highest BCUT2D eigenvalue weighted by molar-refractivity contribution is 7.92. The Hall–Kier alpha value is -3.27. The molecular formula is C24H31N3O6S. The lowest BCUT2D eigenvalue weighted by Crippen LogP contribution is -2.39. The van der Waals surface area contributed by atoms with E-state index in [1.165, 1.54) is 32.4 Å². The maximum Gasteiger partial charge on any atom is 0.264 e. The molecule has 0 radical (unpaired) electrons. The van der Waals surface area contributed by atoms with Crippen LogP contribution in [0.2, 0.25) is 0 Å². The molecule has 0 spiro atoms. The van der Waals surface area contributed by atoms with Crippen molar-refractivity contribution in [2.45, 2.75) is 43.9 Å². The third-order valence-corrected chi connectivity index (χ3v) is 7.21. The van der Waals surface area contributed by atoms with Crippen molar-refractivity contribution in [2.75, 3.05) is 31.7 Å². The minimum absolute atomic E-state index is 0.0366. The Balaban J connectivity index is 1.92. The number of ether oxygens (including phenoxy) is 3. The molecule has 9 nitrogen and oxygen atoms in total. The van der Waals surface area contributed by atoms with Gasteiger partial charge in [0.1, 0.15) is 12.3 Å². The van der Waals surface area contributed by atoms with Crippen molar-refractivity contribution >= 4 is 27.3 Å². The lowest BCUT2D eigenvalue weighted by molar-refractivity contribution is -0.119. The summed E-state index contributed by atoms with van der Waals surface area (Å²) in [6.45, 7) is 1.90. The molecule has 0 unspecified atom stereocenters. The Labute approximate surface area is 200 Å². The fraction of sp³-hybridized carbons (Fsp3) is 0.417. The second kappa shape index (κ2) is 11.7. The van der Waals surface area contributed by atoms with E-state index in [0.29, 0.717) is 23.8 Å². The average molecular weight is 490 g/mol. The minimum Gasteiger partial charge on any atom is -0.494 e. The molecule has 0 saturated heterocycles. The van der Waals surface area contributed by atoms with Crippen LogP contribution in [0.5, 0.6) is 17.2 Å². The van der Waals surface area contributed by atoms with Crippen LogP contribution < -0.4 is 23.9 Å². The van der Waals surface area contributed by atoms with Crippen LogP contribution in [0.1, 0.15) is 39.0 Å². The van der Waals surface area contributed by atoms with Crippen LogP contribution in [0.4, 0.5) is 5.69 Å². The number of hydrazone groups is 1. The fourth-order valence-electron chi connectivity index (χ4n) is 3.67. The number of hydrogen-bond acceptors (Lipinski definition) is 7. The molecule has 1 aliphatic carbocycles. The molecule has 0 aliphatic heterocycles. The summed E-state index contributed by atoms with van der Waals surface area (Å²) in [7, 11) is -1.23. The summed E-state index contributed by atoms with van der Waals surface area (Å²) in [6.07, 6.45) is 4.92. The van der Waals surface area contributed by atoms with Gasteiger partial charge in [0.25, 0.3) is 15.9 Å². The molecule has 2 aromatic carbocycles. The number of amides is 1. The summed E-state index contributed by atoms with van der Waals surface area (Å²) in [6, 6.07) is 10.8. The Morgan fingerprint density at radius 3 is 2.29 bits per heavy atom. The minimum atomic E-state index is -4.13. The lowest BCUT2D eigenvalue weighted by atomic mass is 9.99. The van der Waals surface area contributed by atoms with Crippen molar-refractivity contribution < 1.29 is 27.4 Å². The molecular weight excluding hydrogens is 458 g/mol. The molecule has 2 aromatic rings. The van der Waals surface area contributed by atoms with Crippen LogP contribution >= 0.6 is 0 Å². The molecule has 0 aromatic heterocycles. The van der Waals surface area contributed by atoms with Crippen LogP contribution in [0.25, 0.3) is 0 Å². The van der Waals surface area contributed by atoms with Crippen LogP contribution in [-0.2, 0) is 14.8 Å². The van der Waals surface area contributed by atoms with E-state index in [0.717, 1.165) is 42.1 Å². The first kappa shape index (κ1) is 25.4. The average Bonchev–Trinajstić information content (AvgIpc) is 2.87. The number of anilines is 1. The second-order valence-electron chi connectivity index (χ2n) is 7.73. The highest BCUT2D eigenvalue weighted by Crippen LogP contribution is 2.32. The molecule has 1 fully saturated rings. The Morgan fingerprint density at radius 2 is 1.68 bits per heavy atom. The van der Waals surface area contributed by atoms with Crippen molar-refractivity contribution in [3.05, 3.63) is 42.5 Å². The monoisotopic (exact) mass is 489 g/mol. The van der Waals surface area contributed by atoms with E-state index in [1.807, 2.05) is 6.92 Å². The lowest BCUT2D eigenvalue weighted by Gasteiger charge is -2.24. The van der Waals surface area contributed by atoms with E-state index in [1.54, 1.807) is 24.3 Å². The van der Waals surface area contributed by atoms with Gasteiger partial charge in [-0.05, 0) is 69.0 Å². The number of carbonyl (C=O) groups excluding carboxylic acids is 1. The highest BCUT2D eigenvalue weighted by atomic mass is 32.2. The normalized spacial score (nSPS) is 13.7. The van der Waals surface area contributed by atoms with Gasteiger partial charge in [-0.1, -0.05) is 6.42 Å². The van der Waals surface area contributed by atoms with Gasteiger partial charge >= 0.3 is 0 Å². The summed E-state index contributed by atoms with van der Waals surface area (Å²) in [5, 5.41) is 4.21. The molecule has 1 aliphatic rings. The Morgan fingerprint density at radius 1 is 1.00 bits per heavy atom. The number of carbonyl (C=O) groups is 1. The molecule has 184 valence electrons. The van der Waals surface area contributed by atoms with Gasteiger partial charge in [-0.25, -0.2) is 13.8 Å². The van der Waals surface area contributed by atoms with Crippen molar-refractivity contribution in [3.8, 4) is 17.2 Å². The predicted octanol–water partition coefficient (Wildman–Crippen LogP) is 3.73. The van der Waals surface area contributed by atoms with Gasteiger partial charge in [0.2, 0.25) is 0 Å². The van der Waals surface area contributed by atoms with Crippen LogP contribution in [0.3, 0.4) is 0 Å². The first-order valence-corrected chi connectivity index (χ1v) is 12.6. The van der Waals surface area contributed by atoms with Gasteiger partial charge in [-0.2, -0.15) is 5.10 Å². The molecule has 3 rings (SSSR count). The topological polar surface area (TPSA) is 107 Å². The van der Waals surface area contributed by atoms with Gasteiger partial charge < -0.3 is 14.2 Å². The van der Waals surface area contributed by atoms with Gasteiger partial charge in [-0.3, -0.25) is 9.10 Å². The number of hydrogen-bond donors (Lipinski definition) is 1. The molecule has 34 heavy (non-hydrogen) atoms. The second-order valence-corrected chi connectivity index (χ2v) is 9.59. The fourth-order valence-corrected chi connectivity index (χ4v) is 5.11. The Bertz CT molecular complexity index is 1110. The maximum absolute atomic E-state index is 13.6. The highest BCUT2D eigenvalue weighted by Gasteiger charge is 2.28. The third-order valence-electron chi connectivity index (χ3n) is 5.44. The van der Waals surface area contributed by atoms with Gasteiger partial charge in [-0.15, -0.1) is 0 Å². The van der Waals surface area contributed by atoms with Crippen molar-refractivity contribution in [1.82, 2.24) is 5.43 Å². The first-order chi connectivity index (χ1) is 16.4. The Kier molecular flexibility index (Phi) is 8.75. The smallest absolute Gasteiger partial charge is 0.264 e. The number of rotatable bonds is 10. The van der Waals surface area contributed by atoms with E-state index in [-0.39, 0.29) is 10.6 Å². The number of nitrogens with zero attached hydrogens (tertiary/aromatic N) is 2. The SMILES string of the molecule is CCOc1ccc(N(CC(=O)NN=C2CCCCC2)S(=O)(=O)c2ccc(OC)c(OC)c2)cc1. The van der Waals surface area contributed by atoms with Crippen LogP contribution in [0, 0.1) is 0 Å². The van der Waals surface area contributed by atoms with E-state index in [9.17, 15) is 13.2 Å². The summed E-state index contributed by atoms with van der Waals surface area (Å²) >= 11 is 0. The van der Waals surface area contributed by atoms with E-state index in [4.69, 9.17) is 14.2 Å². The molecule has 1 amide bonds. The first-order valence-electron chi connectivity index (χ1n) is 11.2. The standard InChI is InChI=1S/C24H31N3O6S/c1-4-33-20-12-10-19(11-13-20)27(17-24(28)26-25-18-8-6-5-7-9-18)34(29,30)21-14-15-22(31-2)23(16-21)32-3/h10-16H,4-9,17H2,1-3H3,(H,26,28). The zero-order chi connectivity index (χ0) is 24.6. The summed E-state index contributed by atoms with van der Waals surface area (Å²) < 4.78 is 44.2. The number of nitrogens with one attached hydrogen (secondary N) is 1. The van der Waals surface area contributed by atoms with Gasteiger partial charge in [0.05, 0.1) is 31.4 Å². The summed E-state index contributed by atoms with van der Waals surface area (Å²) in [5.74, 6) is 0.734. The summed E-state index contributed by atoms with van der Waals surface area (Å²) in [4.78, 5) is 12.7. The van der Waals surface area contributed by atoms with Crippen molar-refractivity contribution in [2.24, 2.45) is 5.10 Å². The van der Waals surface area contributed by atoms with E-state index in [2.05, 4.69) is 10.5 Å². The molecule has 10 heteroatoms. The zero-order valence-corrected chi connectivity index (χ0v) is 20.6.